The second-order valence-corrected chi connectivity index (χ2v) is 8.44. The van der Waals surface area contributed by atoms with Gasteiger partial charge in [0.2, 0.25) is 0 Å². The molecule has 0 heterocycles. The highest BCUT2D eigenvalue weighted by Crippen LogP contribution is 2.54. The van der Waals surface area contributed by atoms with Gasteiger partial charge in [-0.15, -0.1) is 0 Å². The molecule has 1 fully saturated rings. The third-order valence-corrected chi connectivity index (χ3v) is 6.04. The molecule has 0 aromatic carbocycles. The van der Waals surface area contributed by atoms with Gasteiger partial charge in [-0.3, -0.25) is 9.59 Å². The summed E-state index contributed by atoms with van der Waals surface area (Å²) in [7, 11) is 0. The third kappa shape index (κ3) is 3.52. The number of allylic oxidation sites excluding steroid dienone is 2. The Kier molecular flexibility index (Phi) is 5.29. The average molecular weight is 304 g/mol. The molecule has 0 unspecified atom stereocenters. The summed E-state index contributed by atoms with van der Waals surface area (Å²) in [4.78, 5) is 24.8. The van der Waals surface area contributed by atoms with Crippen molar-refractivity contribution in [3.8, 4) is 0 Å². The first-order valence-corrected chi connectivity index (χ1v) is 8.97. The van der Waals surface area contributed by atoms with Crippen molar-refractivity contribution in [1.82, 2.24) is 0 Å². The number of carbonyl (C=O) groups is 2. The van der Waals surface area contributed by atoms with Crippen molar-refractivity contribution in [2.24, 2.45) is 29.1 Å². The summed E-state index contributed by atoms with van der Waals surface area (Å²) < 4.78 is 0. The van der Waals surface area contributed by atoms with Crippen molar-refractivity contribution in [1.29, 1.82) is 0 Å². The van der Waals surface area contributed by atoms with Gasteiger partial charge in [-0.25, -0.2) is 0 Å². The lowest BCUT2D eigenvalue weighted by atomic mass is 9.70. The molecule has 2 aliphatic carbocycles. The van der Waals surface area contributed by atoms with Crippen LogP contribution in [0.25, 0.3) is 0 Å². The van der Waals surface area contributed by atoms with Crippen LogP contribution in [0.1, 0.15) is 73.1 Å². The van der Waals surface area contributed by atoms with E-state index in [9.17, 15) is 9.59 Å². The highest BCUT2D eigenvalue weighted by molar-refractivity contribution is 5.96. The number of rotatable bonds is 5. The molecule has 124 valence electrons. The van der Waals surface area contributed by atoms with E-state index in [2.05, 4.69) is 34.6 Å². The lowest BCUT2D eigenvalue weighted by molar-refractivity contribution is -0.125. The van der Waals surface area contributed by atoms with Crippen LogP contribution in [0.3, 0.4) is 0 Å². The van der Waals surface area contributed by atoms with E-state index in [1.807, 2.05) is 6.08 Å². The van der Waals surface area contributed by atoms with E-state index < -0.39 is 0 Å². The summed E-state index contributed by atoms with van der Waals surface area (Å²) in [6, 6.07) is 0. The molecule has 0 aliphatic heterocycles. The minimum absolute atomic E-state index is 0.183. The van der Waals surface area contributed by atoms with E-state index in [1.165, 1.54) is 5.57 Å². The lowest BCUT2D eigenvalue weighted by Crippen LogP contribution is -2.33. The Labute approximate surface area is 135 Å². The highest BCUT2D eigenvalue weighted by atomic mass is 16.1. The first-order valence-electron chi connectivity index (χ1n) is 8.97. The molecular formula is C20H32O2. The Morgan fingerprint density at radius 3 is 2.59 bits per heavy atom. The molecule has 0 amide bonds. The van der Waals surface area contributed by atoms with Crippen molar-refractivity contribution in [3.63, 3.8) is 0 Å². The Morgan fingerprint density at radius 1 is 1.27 bits per heavy atom. The number of fused-ring (bicyclic) bond motifs is 1. The minimum atomic E-state index is -0.183. The number of carbonyl (C=O) groups excluding carboxylic acids is 2. The van der Waals surface area contributed by atoms with Crippen LogP contribution in [-0.4, -0.2) is 11.6 Å². The summed E-state index contributed by atoms with van der Waals surface area (Å²) in [6.07, 6.45) is 7.52. The van der Waals surface area contributed by atoms with E-state index in [-0.39, 0.29) is 5.41 Å². The fourth-order valence-corrected chi connectivity index (χ4v) is 4.74. The van der Waals surface area contributed by atoms with Crippen LogP contribution >= 0.6 is 0 Å². The van der Waals surface area contributed by atoms with Gasteiger partial charge in [-0.05, 0) is 62.4 Å². The van der Waals surface area contributed by atoms with Gasteiger partial charge in [0.25, 0.3) is 0 Å². The fourth-order valence-electron chi connectivity index (χ4n) is 4.74. The molecular weight excluding hydrogens is 272 g/mol. The summed E-state index contributed by atoms with van der Waals surface area (Å²) in [5, 5.41) is 0. The quantitative estimate of drug-likeness (QED) is 0.718. The minimum Gasteiger partial charge on any atom is -0.300 e. The maximum atomic E-state index is 12.6. The topological polar surface area (TPSA) is 34.1 Å². The van der Waals surface area contributed by atoms with Gasteiger partial charge in [-0.1, -0.05) is 33.3 Å². The second-order valence-electron chi connectivity index (χ2n) is 8.44. The molecule has 0 aromatic rings. The van der Waals surface area contributed by atoms with Gasteiger partial charge in [0.15, 0.2) is 5.78 Å². The molecule has 1 saturated carbocycles. The monoisotopic (exact) mass is 304 g/mol. The van der Waals surface area contributed by atoms with Crippen molar-refractivity contribution in [2.75, 3.05) is 0 Å². The first-order chi connectivity index (χ1) is 10.2. The fraction of sp³-hybridized carbons (Fsp3) is 0.800. The lowest BCUT2D eigenvalue weighted by Gasteiger charge is -2.33. The van der Waals surface area contributed by atoms with Crippen molar-refractivity contribution in [3.05, 3.63) is 11.6 Å². The molecule has 2 rings (SSSR count). The molecule has 22 heavy (non-hydrogen) atoms. The molecule has 2 nitrogen and oxygen atoms in total. The number of hydrogen-bond acceptors (Lipinski definition) is 2. The molecule has 2 heteroatoms. The van der Waals surface area contributed by atoms with Gasteiger partial charge in [0, 0.05) is 18.3 Å². The van der Waals surface area contributed by atoms with Crippen molar-refractivity contribution in [2.45, 2.75) is 73.1 Å². The zero-order valence-corrected chi connectivity index (χ0v) is 14.9. The average Bonchev–Trinajstić information content (AvgIpc) is 2.68. The summed E-state index contributed by atoms with van der Waals surface area (Å²) >= 11 is 0. The van der Waals surface area contributed by atoms with Crippen LogP contribution in [-0.2, 0) is 9.59 Å². The zero-order chi connectivity index (χ0) is 16.5. The molecule has 0 N–H and O–H groups in total. The van der Waals surface area contributed by atoms with Crippen molar-refractivity contribution >= 4 is 11.6 Å². The van der Waals surface area contributed by atoms with E-state index in [0.29, 0.717) is 48.1 Å². The molecule has 4 atom stereocenters. The van der Waals surface area contributed by atoms with E-state index in [0.717, 1.165) is 25.7 Å². The second kappa shape index (κ2) is 6.68. The predicted octanol–water partition coefficient (Wildman–Crippen LogP) is 4.97. The smallest absolute Gasteiger partial charge is 0.161 e. The van der Waals surface area contributed by atoms with Gasteiger partial charge in [-0.2, -0.15) is 0 Å². The first kappa shape index (κ1) is 17.4. The number of Topliss-reactive ketones (excluding diaryl/α,β-unsaturated/α-hetero) is 1. The van der Waals surface area contributed by atoms with Gasteiger partial charge >= 0.3 is 0 Å². The van der Waals surface area contributed by atoms with Crippen LogP contribution in [0.4, 0.5) is 0 Å². The largest absolute Gasteiger partial charge is 0.300 e. The van der Waals surface area contributed by atoms with Crippen LogP contribution in [0, 0.1) is 29.1 Å². The van der Waals surface area contributed by atoms with Gasteiger partial charge in [0.1, 0.15) is 5.78 Å². The molecule has 0 spiro atoms. The number of hydrogen-bond donors (Lipinski definition) is 0. The SMILES string of the molecule is CC1=CC(=O)[C@@]2(C)CC[C@H]([C@@H](C)CC(=O)CC(C)C)[C@H]2CC1. The summed E-state index contributed by atoms with van der Waals surface area (Å²) in [5.41, 5.74) is 1.04. The Morgan fingerprint density at radius 2 is 1.95 bits per heavy atom. The summed E-state index contributed by atoms with van der Waals surface area (Å²) in [5.74, 6) is 2.56. The van der Waals surface area contributed by atoms with Gasteiger partial charge in [0.05, 0.1) is 0 Å². The normalized spacial score (nSPS) is 33.4. The van der Waals surface area contributed by atoms with Crippen LogP contribution in [0.15, 0.2) is 11.6 Å². The third-order valence-electron chi connectivity index (χ3n) is 6.04. The Balaban J connectivity index is 2.08. The maximum Gasteiger partial charge on any atom is 0.161 e. The van der Waals surface area contributed by atoms with Gasteiger partial charge < -0.3 is 0 Å². The maximum absolute atomic E-state index is 12.6. The van der Waals surface area contributed by atoms with E-state index in [1.54, 1.807) is 0 Å². The zero-order valence-electron chi connectivity index (χ0n) is 14.9. The Hall–Kier alpha value is -0.920. The molecule has 0 saturated heterocycles. The predicted molar refractivity (Wildman–Crippen MR) is 90.6 cm³/mol. The standard InChI is InChI=1S/C20H32O2/c1-13(2)10-16(21)12-15(4)17-8-9-20(5)18(17)7-6-14(3)11-19(20)22/h11,13,15,17-18H,6-10,12H2,1-5H3/t15-,17+,18+,20-/m0/s1. The molecule has 0 radical (unpaired) electrons. The van der Waals surface area contributed by atoms with E-state index in [4.69, 9.17) is 0 Å². The number of ketones is 2. The van der Waals surface area contributed by atoms with Crippen LogP contribution in [0.2, 0.25) is 0 Å². The molecule has 0 bridgehead atoms. The van der Waals surface area contributed by atoms with Crippen LogP contribution < -0.4 is 0 Å². The van der Waals surface area contributed by atoms with Crippen molar-refractivity contribution < 1.29 is 9.59 Å². The van der Waals surface area contributed by atoms with Crippen LogP contribution in [0.5, 0.6) is 0 Å². The molecule has 0 aromatic heterocycles. The van der Waals surface area contributed by atoms with E-state index >= 15 is 0 Å². The molecule has 2 aliphatic rings. The highest BCUT2D eigenvalue weighted by Gasteiger charge is 2.50. The summed E-state index contributed by atoms with van der Waals surface area (Å²) in [6.45, 7) is 10.7. The Bertz CT molecular complexity index is 474.